The number of nitrogens with zero attached hydrogens (tertiary/aromatic N) is 1. The molecule has 1 fully saturated rings. The molecule has 1 saturated heterocycles. The largest absolute Gasteiger partial charge is 0.503 e. The maximum atomic E-state index is 9.87. The van der Waals surface area contributed by atoms with Crippen molar-refractivity contribution in [2.45, 2.75) is 31.5 Å². The van der Waals surface area contributed by atoms with E-state index < -0.39 is 0 Å². The van der Waals surface area contributed by atoms with Crippen LogP contribution in [0.5, 0.6) is 11.5 Å². The number of piperidine rings is 1. The lowest BCUT2D eigenvalue weighted by Crippen LogP contribution is -2.47. The zero-order valence-corrected chi connectivity index (χ0v) is 14.1. The van der Waals surface area contributed by atoms with Crippen LogP contribution in [0.15, 0.2) is 16.6 Å². The van der Waals surface area contributed by atoms with Crippen LogP contribution in [0.3, 0.4) is 0 Å². The first kappa shape index (κ1) is 16.5. The molecule has 1 heterocycles. The van der Waals surface area contributed by atoms with Gasteiger partial charge >= 0.3 is 0 Å². The number of hydrogen-bond acceptors (Lipinski definition) is 5. The summed E-state index contributed by atoms with van der Waals surface area (Å²) in [6.45, 7) is 2.37. The molecule has 1 aromatic rings. The first-order valence-corrected chi connectivity index (χ1v) is 7.90. The lowest BCUT2D eigenvalue weighted by molar-refractivity contribution is 0.0102. The molecule has 118 valence electrons. The predicted molar refractivity (Wildman–Crippen MR) is 85.6 cm³/mol. The average molecular weight is 359 g/mol. The van der Waals surface area contributed by atoms with Crippen LogP contribution in [0, 0.1) is 0 Å². The minimum absolute atomic E-state index is 0.134. The van der Waals surface area contributed by atoms with Gasteiger partial charge in [0.05, 0.1) is 17.7 Å². The van der Waals surface area contributed by atoms with Crippen molar-refractivity contribution in [3.8, 4) is 11.5 Å². The lowest BCUT2D eigenvalue weighted by Gasteiger charge is -2.38. The Morgan fingerprint density at radius 2 is 2.19 bits per heavy atom. The van der Waals surface area contributed by atoms with Crippen LogP contribution in [-0.2, 0) is 11.3 Å². The molecule has 6 heteroatoms. The summed E-state index contributed by atoms with van der Waals surface area (Å²) in [5.74, 6) is 0.616. The molecule has 5 nitrogen and oxygen atoms in total. The third-order valence-corrected chi connectivity index (χ3v) is 4.69. The molecular weight excluding hydrogens is 336 g/mol. The molecule has 0 saturated carbocycles. The standard InChI is InChI=1S/C15H23BrN2O3/c1-20-12-3-4-18(11(7-12)8-17)9-10-5-13(16)15(19)14(6-10)21-2/h5-6,11-12,19H,3-4,7-9,17H2,1-2H3. The number of hydrogen-bond donors (Lipinski definition) is 2. The van der Waals surface area contributed by atoms with Gasteiger partial charge in [-0.25, -0.2) is 0 Å². The highest BCUT2D eigenvalue weighted by molar-refractivity contribution is 9.10. The minimum Gasteiger partial charge on any atom is -0.503 e. The molecule has 1 aliphatic heterocycles. The number of nitrogens with two attached hydrogens (primary N) is 1. The van der Waals surface area contributed by atoms with Crippen molar-refractivity contribution < 1.29 is 14.6 Å². The van der Waals surface area contributed by atoms with Crippen LogP contribution in [0.2, 0.25) is 0 Å². The molecule has 3 N–H and O–H groups in total. The molecule has 2 atom stereocenters. The molecule has 2 rings (SSSR count). The van der Waals surface area contributed by atoms with Crippen LogP contribution in [-0.4, -0.2) is 49.5 Å². The third kappa shape index (κ3) is 3.88. The van der Waals surface area contributed by atoms with Crippen molar-refractivity contribution in [2.24, 2.45) is 5.73 Å². The lowest BCUT2D eigenvalue weighted by atomic mass is 9.98. The first-order valence-electron chi connectivity index (χ1n) is 7.11. The number of halogens is 1. The topological polar surface area (TPSA) is 68.0 Å². The molecule has 0 bridgehead atoms. The van der Waals surface area contributed by atoms with Crippen LogP contribution in [0.4, 0.5) is 0 Å². The fraction of sp³-hybridized carbons (Fsp3) is 0.600. The van der Waals surface area contributed by atoms with Crippen molar-refractivity contribution >= 4 is 15.9 Å². The maximum Gasteiger partial charge on any atom is 0.172 e. The van der Waals surface area contributed by atoms with Gasteiger partial charge in [-0.1, -0.05) is 0 Å². The Balaban J connectivity index is 2.12. The highest BCUT2D eigenvalue weighted by Crippen LogP contribution is 2.36. The van der Waals surface area contributed by atoms with E-state index in [1.807, 2.05) is 12.1 Å². The molecule has 0 aromatic heterocycles. The van der Waals surface area contributed by atoms with Gasteiger partial charge in [0.1, 0.15) is 0 Å². The van der Waals surface area contributed by atoms with Gasteiger partial charge in [-0.2, -0.15) is 0 Å². The Hall–Kier alpha value is -0.820. The van der Waals surface area contributed by atoms with Gasteiger partial charge in [0.2, 0.25) is 0 Å². The SMILES string of the molecule is COc1cc(CN2CCC(OC)CC2CN)cc(Br)c1O. The molecule has 1 aliphatic rings. The van der Waals surface area contributed by atoms with E-state index in [4.69, 9.17) is 15.2 Å². The Morgan fingerprint density at radius 1 is 1.43 bits per heavy atom. The second-order valence-corrected chi connectivity index (χ2v) is 6.22. The monoisotopic (exact) mass is 358 g/mol. The van der Waals surface area contributed by atoms with E-state index >= 15 is 0 Å². The van der Waals surface area contributed by atoms with Gasteiger partial charge in [0, 0.05) is 32.8 Å². The number of aromatic hydroxyl groups is 1. The van der Waals surface area contributed by atoms with Gasteiger partial charge in [0.25, 0.3) is 0 Å². The van der Waals surface area contributed by atoms with Crippen molar-refractivity contribution in [1.29, 1.82) is 0 Å². The molecule has 21 heavy (non-hydrogen) atoms. The zero-order valence-electron chi connectivity index (χ0n) is 12.5. The molecule has 0 amide bonds. The normalized spacial score (nSPS) is 23.2. The van der Waals surface area contributed by atoms with Crippen molar-refractivity contribution in [2.75, 3.05) is 27.3 Å². The summed E-state index contributed by atoms with van der Waals surface area (Å²) in [4.78, 5) is 2.37. The Labute approximate surface area is 134 Å². The first-order chi connectivity index (χ1) is 10.1. The van der Waals surface area contributed by atoms with E-state index in [1.54, 1.807) is 14.2 Å². The number of phenols is 1. The van der Waals surface area contributed by atoms with Crippen LogP contribution in [0.1, 0.15) is 18.4 Å². The Kier molecular flexibility index (Phi) is 5.87. The van der Waals surface area contributed by atoms with Gasteiger partial charge in [0.15, 0.2) is 11.5 Å². The van der Waals surface area contributed by atoms with E-state index in [0.29, 0.717) is 28.9 Å². The second kappa shape index (κ2) is 7.45. The molecule has 0 spiro atoms. The molecular formula is C15H23BrN2O3. The predicted octanol–water partition coefficient (Wildman–Crippen LogP) is 2.10. The number of ether oxygens (including phenoxy) is 2. The van der Waals surface area contributed by atoms with Crippen LogP contribution >= 0.6 is 15.9 Å². The van der Waals surface area contributed by atoms with Crippen molar-refractivity contribution in [1.82, 2.24) is 4.90 Å². The minimum atomic E-state index is 0.134. The van der Waals surface area contributed by atoms with E-state index in [9.17, 15) is 5.11 Å². The second-order valence-electron chi connectivity index (χ2n) is 5.37. The highest BCUT2D eigenvalue weighted by atomic mass is 79.9. The summed E-state index contributed by atoms with van der Waals surface area (Å²) in [7, 11) is 3.31. The molecule has 0 radical (unpaired) electrons. The van der Waals surface area contributed by atoms with Gasteiger partial charge in [-0.3, -0.25) is 4.90 Å². The van der Waals surface area contributed by atoms with E-state index in [0.717, 1.165) is 31.5 Å². The number of benzene rings is 1. The molecule has 2 unspecified atom stereocenters. The van der Waals surface area contributed by atoms with Crippen molar-refractivity contribution in [3.63, 3.8) is 0 Å². The summed E-state index contributed by atoms with van der Waals surface area (Å²) in [5.41, 5.74) is 6.99. The van der Waals surface area contributed by atoms with Crippen molar-refractivity contribution in [3.05, 3.63) is 22.2 Å². The number of likely N-dealkylation sites (tertiary alicyclic amines) is 1. The zero-order chi connectivity index (χ0) is 15.4. The highest BCUT2D eigenvalue weighted by Gasteiger charge is 2.27. The Bertz CT molecular complexity index is 484. The smallest absolute Gasteiger partial charge is 0.172 e. The van der Waals surface area contributed by atoms with Gasteiger partial charge in [-0.05, 0) is 46.5 Å². The molecule has 1 aromatic carbocycles. The number of rotatable bonds is 5. The molecule has 0 aliphatic carbocycles. The summed E-state index contributed by atoms with van der Waals surface area (Å²) in [5, 5.41) is 9.87. The van der Waals surface area contributed by atoms with Gasteiger partial charge < -0.3 is 20.3 Å². The van der Waals surface area contributed by atoms with E-state index in [1.165, 1.54) is 0 Å². The summed E-state index contributed by atoms with van der Waals surface area (Å²) < 4.78 is 11.3. The quantitative estimate of drug-likeness (QED) is 0.843. The van der Waals surface area contributed by atoms with Crippen LogP contribution in [0.25, 0.3) is 0 Å². The summed E-state index contributed by atoms with van der Waals surface area (Å²) in [6.07, 6.45) is 2.28. The fourth-order valence-electron chi connectivity index (χ4n) is 2.84. The van der Waals surface area contributed by atoms with Gasteiger partial charge in [-0.15, -0.1) is 0 Å². The van der Waals surface area contributed by atoms with Crippen LogP contribution < -0.4 is 10.5 Å². The number of methoxy groups -OCH3 is 2. The summed E-state index contributed by atoms with van der Waals surface area (Å²) in [6, 6.07) is 4.12. The maximum absolute atomic E-state index is 9.87. The average Bonchev–Trinajstić information content (AvgIpc) is 2.51. The third-order valence-electron chi connectivity index (χ3n) is 4.09. The fourth-order valence-corrected chi connectivity index (χ4v) is 3.33. The summed E-state index contributed by atoms with van der Waals surface area (Å²) >= 11 is 3.36. The van der Waals surface area contributed by atoms with E-state index in [-0.39, 0.29) is 5.75 Å². The van der Waals surface area contributed by atoms with E-state index in [2.05, 4.69) is 20.8 Å². The number of phenolic OH excluding ortho intramolecular Hbond substituents is 1. The Morgan fingerprint density at radius 3 is 2.81 bits per heavy atom.